The number of rotatable bonds is 9. The molecule has 0 spiro atoms. The third-order valence-corrected chi connectivity index (χ3v) is 5.38. The molecule has 1 aliphatic rings. The van der Waals surface area contributed by atoms with Crippen molar-refractivity contribution in [2.45, 2.75) is 51.2 Å². The Bertz CT molecular complexity index is 838. The second-order valence-corrected chi connectivity index (χ2v) is 7.96. The summed E-state index contributed by atoms with van der Waals surface area (Å²) in [5, 5.41) is 3.08. The van der Waals surface area contributed by atoms with Crippen LogP contribution >= 0.6 is 0 Å². The summed E-state index contributed by atoms with van der Waals surface area (Å²) >= 11 is 0. The Kier molecular flexibility index (Phi) is 8.33. The van der Waals surface area contributed by atoms with Gasteiger partial charge < -0.3 is 19.7 Å². The topological polar surface area (TPSA) is 67.9 Å². The number of carbonyl (C=O) groups is 2. The van der Waals surface area contributed by atoms with Crippen LogP contribution in [0.4, 0.5) is 0 Å². The highest BCUT2D eigenvalue weighted by molar-refractivity contribution is 5.96. The molecule has 2 aromatic carbocycles. The lowest BCUT2D eigenvalue weighted by Crippen LogP contribution is -2.50. The molecule has 0 aliphatic heterocycles. The van der Waals surface area contributed by atoms with E-state index < -0.39 is 0 Å². The van der Waals surface area contributed by atoms with Gasteiger partial charge in [-0.3, -0.25) is 9.59 Å². The lowest BCUT2D eigenvalue weighted by molar-refractivity contribution is -0.123. The second-order valence-electron chi connectivity index (χ2n) is 7.96. The van der Waals surface area contributed by atoms with Gasteiger partial charge in [-0.05, 0) is 62.1 Å². The van der Waals surface area contributed by atoms with E-state index in [9.17, 15) is 9.59 Å². The molecular formula is C25H32N2O4. The molecule has 0 heterocycles. The quantitative estimate of drug-likeness (QED) is 0.659. The van der Waals surface area contributed by atoms with Crippen LogP contribution < -0.4 is 14.8 Å². The summed E-state index contributed by atoms with van der Waals surface area (Å²) in [6.07, 6.45) is 4.75. The lowest BCUT2D eigenvalue weighted by atomic mass is 9.92. The maximum atomic E-state index is 12.6. The molecule has 1 N–H and O–H groups in total. The van der Waals surface area contributed by atoms with Gasteiger partial charge in [0, 0.05) is 12.6 Å². The van der Waals surface area contributed by atoms with Gasteiger partial charge in [-0.2, -0.15) is 0 Å². The van der Waals surface area contributed by atoms with Crippen LogP contribution in [0.1, 0.15) is 49.4 Å². The summed E-state index contributed by atoms with van der Waals surface area (Å²) in [5.74, 6) is 1.26. The van der Waals surface area contributed by atoms with Crippen molar-refractivity contribution in [3.63, 3.8) is 0 Å². The van der Waals surface area contributed by atoms with Crippen molar-refractivity contribution < 1.29 is 19.1 Å². The fourth-order valence-corrected chi connectivity index (χ4v) is 3.75. The van der Waals surface area contributed by atoms with Crippen LogP contribution in [0.25, 0.3) is 0 Å². The number of nitrogens with zero attached hydrogens (tertiary/aromatic N) is 1. The SMILES string of the molecule is CCCOc1ccc(O[C@@H]2CCCC[C@H]2NC(=O)CN(C)C(=O)c2ccccc2)cc1. The smallest absolute Gasteiger partial charge is 0.254 e. The van der Waals surface area contributed by atoms with Gasteiger partial charge >= 0.3 is 0 Å². The first-order valence-corrected chi connectivity index (χ1v) is 11.1. The van der Waals surface area contributed by atoms with E-state index in [-0.39, 0.29) is 30.5 Å². The summed E-state index contributed by atoms with van der Waals surface area (Å²) in [6, 6.07) is 16.5. The molecule has 0 radical (unpaired) electrons. The predicted molar refractivity (Wildman–Crippen MR) is 120 cm³/mol. The summed E-state index contributed by atoms with van der Waals surface area (Å²) in [6.45, 7) is 2.78. The van der Waals surface area contributed by atoms with Crippen LogP contribution in [0.5, 0.6) is 11.5 Å². The van der Waals surface area contributed by atoms with Gasteiger partial charge in [-0.25, -0.2) is 0 Å². The average Bonchev–Trinajstić information content (AvgIpc) is 2.80. The van der Waals surface area contributed by atoms with Crippen LogP contribution in [-0.4, -0.2) is 49.1 Å². The minimum Gasteiger partial charge on any atom is -0.494 e. The molecule has 1 saturated carbocycles. The normalized spacial score (nSPS) is 18.1. The summed E-state index contributed by atoms with van der Waals surface area (Å²) in [4.78, 5) is 26.5. The standard InChI is InChI=1S/C25H32N2O4/c1-3-17-30-20-13-15-21(16-14-20)31-23-12-8-7-11-22(23)26-24(28)18-27(2)25(29)19-9-5-4-6-10-19/h4-6,9-10,13-16,22-23H,3,7-8,11-12,17-18H2,1-2H3,(H,26,28)/t22-,23-/m1/s1. The molecule has 3 rings (SSSR count). The molecule has 6 nitrogen and oxygen atoms in total. The van der Waals surface area contributed by atoms with Crippen molar-refractivity contribution in [3.8, 4) is 11.5 Å². The molecule has 0 bridgehead atoms. The van der Waals surface area contributed by atoms with E-state index >= 15 is 0 Å². The fourth-order valence-electron chi connectivity index (χ4n) is 3.75. The number of amides is 2. The third kappa shape index (κ3) is 6.74. The number of hydrogen-bond donors (Lipinski definition) is 1. The maximum absolute atomic E-state index is 12.6. The fraction of sp³-hybridized carbons (Fsp3) is 0.440. The summed E-state index contributed by atoms with van der Waals surface area (Å²) in [5.41, 5.74) is 0.572. The largest absolute Gasteiger partial charge is 0.494 e. The van der Waals surface area contributed by atoms with E-state index in [4.69, 9.17) is 9.47 Å². The van der Waals surface area contributed by atoms with Crippen LogP contribution in [0.2, 0.25) is 0 Å². The van der Waals surface area contributed by atoms with Crippen molar-refractivity contribution in [2.24, 2.45) is 0 Å². The Morgan fingerprint density at radius 2 is 1.68 bits per heavy atom. The molecule has 2 aromatic rings. The first-order chi connectivity index (χ1) is 15.1. The minimum absolute atomic E-state index is 0.0143. The van der Waals surface area contributed by atoms with E-state index in [0.717, 1.165) is 43.6 Å². The molecule has 0 saturated heterocycles. The van der Waals surface area contributed by atoms with Crippen LogP contribution in [0.3, 0.4) is 0 Å². The number of nitrogens with one attached hydrogen (secondary N) is 1. The molecule has 0 unspecified atom stereocenters. The molecule has 166 valence electrons. The first kappa shape index (κ1) is 22.7. The number of ether oxygens (including phenoxy) is 2. The van der Waals surface area contributed by atoms with Gasteiger partial charge in [0.15, 0.2) is 0 Å². The average molecular weight is 425 g/mol. The lowest BCUT2D eigenvalue weighted by Gasteiger charge is -2.33. The highest BCUT2D eigenvalue weighted by Crippen LogP contribution is 2.25. The Labute approximate surface area is 184 Å². The Morgan fingerprint density at radius 1 is 1.00 bits per heavy atom. The minimum atomic E-state index is -0.171. The molecule has 0 aromatic heterocycles. The van der Waals surface area contributed by atoms with Gasteiger partial charge in [0.2, 0.25) is 5.91 Å². The molecular weight excluding hydrogens is 392 g/mol. The van der Waals surface area contributed by atoms with E-state index in [2.05, 4.69) is 12.2 Å². The van der Waals surface area contributed by atoms with Gasteiger partial charge in [0.05, 0.1) is 19.2 Å². The molecule has 1 aliphatic carbocycles. The van der Waals surface area contributed by atoms with E-state index in [1.165, 1.54) is 4.90 Å². The molecule has 31 heavy (non-hydrogen) atoms. The Morgan fingerprint density at radius 3 is 2.39 bits per heavy atom. The number of benzene rings is 2. The summed E-state index contributed by atoms with van der Waals surface area (Å²) < 4.78 is 11.8. The second kappa shape index (κ2) is 11.4. The maximum Gasteiger partial charge on any atom is 0.254 e. The van der Waals surface area contributed by atoms with Crippen LogP contribution in [0, 0.1) is 0 Å². The number of carbonyl (C=O) groups excluding carboxylic acids is 2. The van der Waals surface area contributed by atoms with Gasteiger partial charge in [0.1, 0.15) is 17.6 Å². The molecule has 2 amide bonds. The first-order valence-electron chi connectivity index (χ1n) is 11.1. The van der Waals surface area contributed by atoms with Crippen molar-refractivity contribution in [1.29, 1.82) is 0 Å². The summed E-state index contributed by atoms with van der Waals surface area (Å²) in [7, 11) is 1.64. The Hall–Kier alpha value is -3.02. The van der Waals surface area contributed by atoms with Crippen molar-refractivity contribution in [3.05, 3.63) is 60.2 Å². The van der Waals surface area contributed by atoms with Crippen molar-refractivity contribution in [2.75, 3.05) is 20.2 Å². The van der Waals surface area contributed by atoms with Gasteiger partial charge in [-0.15, -0.1) is 0 Å². The highest BCUT2D eigenvalue weighted by atomic mass is 16.5. The Balaban J connectivity index is 1.54. The monoisotopic (exact) mass is 424 g/mol. The van der Waals surface area contributed by atoms with Crippen LogP contribution in [0.15, 0.2) is 54.6 Å². The van der Waals surface area contributed by atoms with Crippen molar-refractivity contribution >= 4 is 11.8 Å². The highest BCUT2D eigenvalue weighted by Gasteiger charge is 2.29. The molecule has 2 atom stereocenters. The van der Waals surface area contributed by atoms with E-state index in [1.807, 2.05) is 42.5 Å². The zero-order valence-corrected chi connectivity index (χ0v) is 18.4. The number of hydrogen-bond acceptors (Lipinski definition) is 4. The van der Waals surface area contributed by atoms with Gasteiger partial charge in [0.25, 0.3) is 5.91 Å². The molecule has 6 heteroatoms. The zero-order chi connectivity index (χ0) is 22.1. The number of likely N-dealkylation sites (N-methyl/N-ethyl adjacent to an activating group) is 1. The predicted octanol–water partition coefficient (Wildman–Crippen LogP) is 4.05. The van der Waals surface area contributed by atoms with Crippen LogP contribution in [-0.2, 0) is 4.79 Å². The van der Waals surface area contributed by atoms with E-state index in [0.29, 0.717) is 12.2 Å². The third-order valence-electron chi connectivity index (χ3n) is 5.38. The van der Waals surface area contributed by atoms with Crippen molar-refractivity contribution in [1.82, 2.24) is 10.2 Å². The van der Waals surface area contributed by atoms with Gasteiger partial charge in [-0.1, -0.05) is 31.5 Å². The van der Waals surface area contributed by atoms with E-state index in [1.54, 1.807) is 19.2 Å². The zero-order valence-electron chi connectivity index (χ0n) is 18.4. The molecule has 1 fully saturated rings.